The first-order valence-corrected chi connectivity index (χ1v) is 6.21. The normalized spacial score (nSPS) is 20.7. The highest BCUT2D eigenvalue weighted by Crippen LogP contribution is 2.14. The fraction of sp³-hybridized carbons (Fsp3) is 0.538. The molecule has 1 aromatic heterocycles. The largest absolute Gasteiger partial charge is 0.465 e. The van der Waals surface area contributed by atoms with Gasteiger partial charge in [-0.1, -0.05) is 0 Å². The van der Waals surface area contributed by atoms with E-state index in [2.05, 4.69) is 9.88 Å². The average molecular weight is 249 g/mol. The number of rotatable bonds is 3. The molecule has 1 aliphatic heterocycles. The number of carbonyl (C=O) groups is 1. The summed E-state index contributed by atoms with van der Waals surface area (Å²) in [6.45, 7) is 2.51. The molecule has 2 rings (SSSR count). The molecule has 0 spiro atoms. The smallest absolute Gasteiger partial charge is 0.339 e. The number of piperidine rings is 1. The first-order chi connectivity index (χ1) is 8.70. The Bertz CT molecular complexity index is 422. The van der Waals surface area contributed by atoms with Crippen LogP contribution in [0.5, 0.6) is 0 Å². The van der Waals surface area contributed by atoms with Crippen molar-refractivity contribution in [3.8, 4) is 0 Å². The Balaban J connectivity index is 2.10. The van der Waals surface area contributed by atoms with Gasteiger partial charge in [0, 0.05) is 25.3 Å². The van der Waals surface area contributed by atoms with Gasteiger partial charge in [0.1, 0.15) is 0 Å². The van der Waals surface area contributed by atoms with Crippen molar-refractivity contribution in [1.82, 2.24) is 9.88 Å². The van der Waals surface area contributed by atoms with Gasteiger partial charge in [-0.05, 0) is 31.5 Å². The van der Waals surface area contributed by atoms with Gasteiger partial charge in [-0.25, -0.2) is 4.79 Å². The van der Waals surface area contributed by atoms with E-state index < -0.39 is 0 Å². The maximum absolute atomic E-state index is 11.6. The molecule has 0 saturated carbocycles. The van der Waals surface area contributed by atoms with Gasteiger partial charge < -0.3 is 10.5 Å². The summed E-state index contributed by atoms with van der Waals surface area (Å²) in [6, 6.07) is 3.72. The van der Waals surface area contributed by atoms with Crippen LogP contribution < -0.4 is 5.73 Å². The van der Waals surface area contributed by atoms with E-state index in [4.69, 9.17) is 10.5 Å². The molecule has 0 bridgehead atoms. The van der Waals surface area contributed by atoms with Gasteiger partial charge in [0.2, 0.25) is 0 Å². The third kappa shape index (κ3) is 3.05. The second kappa shape index (κ2) is 5.93. The lowest BCUT2D eigenvalue weighted by Crippen LogP contribution is -2.42. The van der Waals surface area contributed by atoms with Gasteiger partial charge in [-0.3, -0.25) is 9.88 Å². The Hall–Kier alpha value is -1.46. The van der Waals surface area contributed by atoms with Crippen molar-refractivity contribution in [2.75, 3.05) is 20.2 Å². The molecule has 2 heterocycles. The van der Waals surface area contributed by atoms with Crippen LogP contribution in [0, 0.1) is 0 Å². The van der Waals surface area contributed by atoms with Crippen LogP contribution in [-0.2, 0) is 11.3 Å². The molecule has 5 heteroatoms. The molecule has 1 unspecified atom stereocenters. The summed E-state index contributed by atoms with van der Waals surface area (Å²) in [7, 11) is 1.38. The number of nitrogens with two attached hydrogens (primary N) is 1. The van der Waals surface area contributed by atoms with E-state index in [9.17, 15) is 4.79 Å². The van der Waals surface area contributed by atoms with Crippen LogP contribution in [0.3, 0.4) is 0 Å². The lowest BCUT2D eigenvalue weighted by atomic mass is 10.1. The topological polar surface area (TPSA) is 68.5 Å². The lowest BCUT2D eigenvalue weighted by molar-refractivity contribution is 0.0597. The Labute approximate surface area is 107 Å². The maximum Gasteiger partial charge on any atom is 0.339 e. The molecule has 0 radical (unpaired) electrons. The van der Waals surface area contributed by atoms with Crippen LogP contribution in [-0.4, -0.2) is 42.1 Å². The number of esters is 1. The highest BCUT2D eigenvalue weighted by atomic mass is 16.5. The van der Waals surface area contributed by atoms with Crippen LogP contribution >= 0.6 is 0 Å². The van der Waals surface area contributed by atoms with Crippen molar-refractivity contribution in [3.05, 3.63) is 29.6 Å². The maximum atomic E-state index is 11.6. The minimum absolute atomic E-state index is 0.226. The zero-order valence-corrected chi connectivity index (χ0v) is 10.6. The van der Waals surface area contributed by atoms with E-state index in [0.717, 1.165) is 31.6 Å². The van der Waals surface area contributed by atoms with Crippen molar-refractivity contribution in [3.63, 3.8) is 0 Å². The molecule has 18 heavy (non-hydrogen) atoms. The predicted molar refractivity (Wildman–Crippen MR) is 68.1 cm³/mol. The second-order valence-electron chi connectivity index (χ2n) is 4.63. The number of hydrogen-bond acceptors (Lipinski definition) is 5. The summed E-state index contributed by atoms with van der Waals surface area (Å²) >= 11 is 0. The summed E-state index contributed by atoms with van der Waals surface area (Å²) in [4.78, 5) is 18.2. The quantitative estimate of drug-likeness (QED) is 0.802. The highest BCUT2D eigenvalue weighted by molar-refractivity contribution is 5.90. The summed E-state index contributed by atoms with van der Waals surface area (Å²) in [6.07, 6.45) is 3.87. The molecule has 98 valence electrons. The molecular weight excluding hydrogens is 230 g/mol. The number of methoxy groups -OCH3 is 1. The minimum Gasteiger partial charge on any atom is -0.465 e. The summed E-state index contributed by atoms with van der Waals surface area (Å²) in [5.74, 6) is -0.334. The monoisotopic (exact) mass is 249 g/mol. The second-order valence-corrected chi connectivity index (χ2v) is 4.63. The number of carbonyl (C=O) groups excluding carboxylic acids is 1. The minimum atomic E-state index is -0.334. The summed E-state index contributed by atoms with van der Waals surface area (Å²) in [5.41, 5.74) is 7.25. The first-order valence-electron chi connectivity index (χ1n) is 6.21. The fourth-order valence-corrected chi connectivity index (χ4v) is 2.31. The highest BCUT2D eigenvalue weighted by Gasteiger charge is 2.20. The van der Waals surface area contributed by atoms with E-state index in [1.807, 2.05) is 0 Å². The molecule has 1 fully saturated rings. The number of nitrogens with zero attached hydrogens (tertiary/aromatic N) is 2. The zero-order valence-electron chi connectivity index (χ0n) is 10.6. The molecule has 1 aromatic rings. The Morgan fingerprint density at radius 3 is 3.22 bits per heavy atom. The van der Waals surface area contributed by atoms with Gasteiger partial charge in [0.05, 0.1) is 18.4 Å². The van der Waals surface area contributed by atoms with Crippen molar-refractivity contribution >= 4 is 5.97 Å². The van der Waals surface area contributed by atoms with Gasteiger partial charge in [0.25, 0.3) is 0 Å². The molecular formula is C13H19N3O2. The van der Waals surface area contributed by atoms with Crippen molar-refractivity contribution in [2.45, 2.75) is 25.4 Å². The van der Waals surface area contributed by atoms with E-state index in [-0.39, 0.29) is 12.0 Å². The van der Waals surface area contributed by atoms with Crippen LogP contribution in [0.4, 0.5) is 0 Å². The van der Waals surface area contributed by atoms with E-state index in [1.165, 1.54) is 7.11 Å². The summed E-state index contributed by atoms with van der Waals surface area (Å²) in [5, 5.41) is 0. The van der Waals surface area contributed by atoms with Gasteiger partial charge >= 0.3 is 5.97 Å². The van der Waals surface area contributed by atoms with E-state index in [1.54, 1.807) is 18.3 Å². The van der Waals surface area contributed by atoms with Crippen molar-refractivity contribution in [2.24, 2.45) is 5.73 Å². The van der Waals surface area contributed by atoms with Gasteiger partial charge in [-0.2, -0.15) is 0 Å². The lowest BCUT2D eigenvalue weighted by Gasteiger charge is -2.30. The van der Waals surface area contributed by atoms with Crippen LogP contribution in [0.15, 0.2) is 18.3 Å². The van der Waals surface area contributed by atoms with E-state index >= 15 is 0 Å². The fourth-order valence-electron chi connectivity index (χ4n) is 2.31. The number of ether oxygens (including phenoxy) is 1. The molecule has 1 atom stereocenters. The molecule has 1 saturated heterocycles. The Morgan fingerprint density at radius 2 is 2.50 bits per heavy atom. The molecule has 1 aliphatic rings. The third-order valence-electron chi connectivity index (χ3n) is 3.21. The van der Waals surface area contributed by atoms with Crippen LogP contribution in [0.2, 0.25) is 0 Å². The Kier molecular flexibility index (Phi) is 4.28. The van der Waals surface area contributed by atoms with E-state index in [0.29, 0.717) is 12.1 Å². The summed E-state index contributed by atoms with van der Waals surface area (Å²) < 4.78 is 4.77. The standard InChI is InChI=1S/C13H19N3O2/c1-18-13(17)11-5-2-6-15-12(11)9-16-7-3-4-10(14)8-16/h2,5-6,10H,3-4,7-9,14H2,1H3. The van der Waals surface area contributed by atoms with Crippen molar-refractivity contribution in [1.29, 1.82) is 0 Å². The number of pyridine rings is 1. The molecule has 0 aromatic carbocycles. The molecule has 5 nitrogen and oxygen atoms in total. The first kappa shape index (κ1) is 13.0. The van der Waals surface area contributed by atoms with Crippen LogP contribution in [0.25, 0.3) is 0 Å². The number of likely N-dealkylation sites (tertiary alicyclic amines) is 1. The van der Waals surface area contributed by atoms with Crippen LogP contribution in [0.1, 0.15) is 28.9 Å². The molecule has 2 N–H and O–H groups in total. The molecule has 0 aliphatic carbocycles. The number of aromatic nitrogens is 1. The average Bonchev–Trinajstić information content (AvgIpc) is 2.38. The predicted octanol–water partition coefficient (Wildman–Crippen LogP) is 0.791. The van der Waals surface area contributed by atoms with Gasteiger partial charge in [-0.15, -0.1) is 0 Å². The SMILES string of the molecule is COC(=O)c1cccnc1CN1CCCC(N)C1. The van der Waals surface area contributed by atoms with Gasteiger partial charge in [0.15, 0.2) is 0 Å². The van der Waals surface area contributed by atoms with Crippen molar-refractivity contribution < 1.29 is 9.53 Å². The zero-order chi connectivity index (χ0) is 13.0. The Morgan fingerprint density at radius 1 is 1.67 bits per heavy atom. The third-order valence-corrected chi connectivity index (χ3v) is 3.21. The molecule has 0 amide bonds. The number of hydrogen-bond donors (Lipinski definition) is 1.